The summed E-state index contributed by atoms with van der Waals surface area (Å²) in [6, 6.07) is 9.40. The number of likely N-dealkylation sites (N-methyl/N-ethyl adjacent to an activating group) is 1. The summed E-state index contributed by atoms with van der Waals surface area (Å²) in [5, 5.41) is 22.3. The number of methoxy groups -OCH3 is 2. The van der Waals surface area contributed by atoms with E-state index in [9.17, 15) is 24.8 Å². The molecule has 0 aliphatic carbocycles. The Bertz CT molecular complexity index is 1140. The monoisotopic (exact) mass is 483 g/mol. The van der Waals surface area contributed by atoms with Gasteiger partial charge in [0.15, 0.2) is 11.5 Å². The number of ether oxygens (including phenoxy) is 2. The van der Waals surface area contributed by atoms with Gasteiger partial charge in [0.2, 0.25) is 0 Å². The average Bonchev–Trinajstić information content (AvgIpc) is 3.13. The zero-order chi connectivity index (χ0) is 25.7. The topological polar surface area (TPSA) is 122 Å². The zero-order valence-corrected chi connectivity index (χ0v) is 20.2. The van der Waals surface area contributed by atoms with Crippen LogP contribution in [0, 0.1) is 10.1 Å². The Balaban J connectivity index is 2.14. The molecule has 1 fully saturated rings. The number of rotatable bonds is 10. The quantitative estimate of drug-likeness (QED) is 0.179. The van der Waals surface area contributed by atoms with Crippen molar-refractivity contribution in [1.82, 2.24) is 9.80 Å². The number of nitrogens with zero attached hydrogens (tertiary/aromatic N) is 3. The third-order valence-electron chi connectivity index (χ3n) is 6.17. The lowest BCUT2D eigenvalue weighted by Crippen LogP contribution is -2.38. The van der Waals surface area contributed by atoms with Crippen molar-refractivity contribution in [3.05, 3.63) is 69.3 Å². The van der Waals surface area contributed by atoms with Gasteiger partial charge in [-0.2, -0.15) is 0 Å². The lowest BCUT2D eigenvalue weighted by Gasteiger charge is -2.28. The second-order valence-electron chi connectivity index (χ2n) is 7.94. The van der Waals surface area contributed by atoms with E-state index >= 15 is 0 Å². The number of ketones is 1. The van der Waals surface area contributed by atoms with E-state index in [4.69, 9.17) is 9.47 Å². The van der Waals surface area contributed by atoms with Gasteiger partial charge in [0.05, 0.1) is 30.8 Å². The number of amides is 1. The average molecular weight is 484 g/mol. The largest absolute Gasteiger partial charge is 0.507 e. The molecule has 1 saturated heterocycles. The van der Waals surface area contributed by atoms with Crippen LogP contribution in [0.25, 0.3) is 5.76 Å². The number of hydrogen-bond acceptors (Lipinski definition) is 8. The van der Waals surface area contributed by atoms with Gasteiger partial charge in [-0.3, -0.25) is 19.7 Å². The van der Waals surface area contributed by atoms with Crippen LogP contribution in [0.5, 0.6) is 11.5 Å². The lowest BCUT2D eigenvalue weighted by atomic mass is 9.95. The van der Waals surface area contributed by atoms with Crippen LogP contribution in [-0.4, -0.2) is 71.9 Å². The van der Waals surface area contributed by atoms with Crippen molar-refractivity contribution in [2.24, 2.45) is 0 Å². The maximum atomic E-state index is 13.2. The summed E-state index contributed by atoms with van der Waals surface area (Å²) in [6.07, 6.45) is 0. The molecule has 1 amide bonds. The molecule has 1 atom stereocenters. The second kappa shape index (κ2) is 11.0. The highest BCUT2D eigenvalue weighted by atomic mass is 16.6. The number of carbonyl (C=O) groups excluding carboxylic acids is 2. The normalized spacial score (nSPS) is 17.2. The molecule has 10 heteroatoms. The molecule has 1 aliphatic heterocycles. The van der Waals surface area contributed by atoms with Crippen LogP contribution in [0.1, 0.15) is 31.0 Å². The maximum absolute atomic E-state index is 13.2. The lowest BCUT2D eigenvalue weighted by molar-refractivity contribution is -0.384. The van der Waals surface area contributed by atoms with E-state index in [1.807, 2.05) is 13.8 Å². The Morgan fingerprint density at radius 3 is 2.23 bits per heavy atom. The fourth-order valence-electron chi connectivity index (χ4n) is 4.16. The SMILES string of the molecule is CCN(CC)CCN1C(=O)C(=O)C(=C(O)c2ccc(OC)c(OC)c2)[C@@H]1c1ccc([N+](=O)[O-])cc1. The van der Waals surface area contributed by atoms with E-state index in [0.717, 1.165) is 13.1 Å². The van der Waals surface area contributed by atoms with Gasteiger partial charge in [-0.05, 0) is 49.0 Å². The summed E-state index contributed by atoms with van der Waals surface area (Å²) in [7, 11) is 2.93. The molecule has 2 aromatic rings. The summed E-state index contributed by atoms with van der Waals surface area (Å²) in [5.74, 6) is -1.13. The summed E-state index contributed by atoms with van der Waals surface area (Å²) in [5.41, 5.74) is 0.553. The summed E-state index contributed by atoms with van der Waals surface area (Å²) in [4.78, 5) is 40.4. The smallest absolute Gasteiger partial charge is 0.295 e. The van der Waals surface area contributed by atoms with Gasteiger partial charge in [0, 0.05) is 30.8 Å². The Morgan fingerprint density at radius 2 is 1.69 bits per heavy atom. The molecule has 2 aromatic carbocycles. The van der Waals surface area contributed by atoms with Crippen LogP contribution < -0.4 is 9.47 Å². The van der Waals surface area contributed by atoms with Crippen molar-refractivity contribution in [2.75, 3.05) is 40.4 Å². The molecular weight excluding hydrogens is 454 g/mol. The number of Topliss-reactive ketones (excluding diaryl/α,β-unsaturated/α-hetero) is 1. The van der Waals surface area contributed by atoms with Crippen molar-refractivity contribution >= 4 is 23.1 Å². The number of aliphatic hydroxyl groups is 1. The summed E-state index contributed by atoms with van der Waals surface area (Å²) in [6.45, 7) is 6.32. The first kappa shape index (κ1) is 25.7. The summed E-state index contributed by atoms with van der Waals surface area (Å²) < 4.78 is 10.5. The number of aliphatic hydroxyl groups excluding tert-OH is 1. The van der Waals surface area contributed by atoms with Crippen molar-refractivity contribution in [2.45, 2.75) is 19.9 Å². The van der Waals surface area contributed by atoms with Crippen LogP contribution >= 0.6 is 0 Å². The van der Waals surface area contributed by atoms with Gasteiger partial charge in [0.25, 0.3) is 17.4 Å². The number of nitro benzene ring substituents is 1. The van der Waals surface area contributed by atoms with E-state index in [2.05, 4.69) is 4.90 Å². The Kier molecular flexibility index (Phi) is 8.08. The molecule has 0 bridgehead atoms. The first-order chi connectivity index (χ1) is 16.8. The van der Waals surface area contributed by atoms with Gasteiger partial charge < -0.3 is 24.4 Å². The minimum Gasteiger partial charge on any atom is -0.507 e. The fourth-order valence-corrected chi connectivity index (χ4v) is 4.16. The van der Waals surface area contributed by atoms with Crippen molar-refractivity contribution in [3.63, 3.8) is 0 Å². The third-order valence-corrected chi connectivity index (χ3v) is 6.17. The van der Waals surface area contributed by atoms with Crippen molar-refractivity contribution in [1.29, 1.82) is 0 Å². The number of hydrogen-bond donors (Lipinski definition) is 1. The predicted octanol–water partition coefficient (Wildman–Crippen LogP) is 3.38. The van der Waals surface area contributed by atoms with E-state index in [1.165, 1.54) is 49.5 Å². The molecule has 1 aliphatic rings. The molecule has 186 valence electrons. The Labute approximate surface area is 203 Å². The van der Waals surface area contributed by atoms with Gasteiger partial charge in [0.1, 0.15) is 5.76 Å². The number of carbonyl (C=O) groups is 2. The van der Waals surface area contributed by atoms with Crippen molar-refractivity contribution in [3.8, 4) is 11.5 Å². The van der Waals surface area contributed by atoms with Gasteiger partial charge in [-0.25, -0.2) is 0 Å². The van der Waals surface area contributed by atoms with Crippen LogP contribution in [0.4, 0.5) is 5.69 Å². The Morgan fingerprint density at radius 1 is 1.06 bits per heavy atom. The maximum Gasteiger partial charge on any atom is 0.295 e. The highest BCUT2D eigenvalue weighted by Gasteiger charge is 2.46. The van der Waals surface area contributed by atoms with Crippen LogP contribution in [-0.2, 0) is 9.59 Å². The van der Waals surface area contributed by atoms with Crippen molar-refractivity contribution < 1.29 is 29.1 Å². The number of non-ortho nitro benzene ring substituents is 1. The van der Waals surface area contributed by atoms with E-state index in [-0.39, 0.29) is 29.1 Å². The summed E-state index contributed by atoms with van der Waals surface area (Å²) >= 11 is 0. The second-order valence-corrected chi connectivity index (χ2v) is 7.94. The molecule has 1 heterocycles. The standard InChI is InChI=1S/C25H29N3O7/c1-5-26(6-2)13-14-27-22(16-7-10-18(11-8-16)28(32)33)21(24(30)25(27)31)23(29)17-9-12-19(34-3)20(15-17)35-4/h7-12,15,22,29H,5-6,13-14H2,1-4H3/t22-/m0/s1. The number of likely N-dealkylation sites (tertiary alicyclic amines) is 1. The van der Waals surface area contributed by atoms with Gasteiger partial charge >= 0.3 is 0 Å². The molecule has 0 unspecified atom stereocenters. The minimum absolute atomic E-state index is 0.0874. The van der Waals surface area contributed by atoms with Gasteiger partial charge in [-0.15, -0.1) is 0 Å². The molecule has 0 aromatic heterocycles. The molecular formula is C25H29N3O7. The first-order valence-corrected chi connectivity index (χ1v) is 11.2. The molecule has 1 N–H and O–H groups in total. The molecule has 3 rings (SSSR count). The number of benzene rings is 2. The predicted molar refractivity (Wildman–Crippen MR) is 129 cm³/mol. The van der Waals surface area contributed by atoms with Crippen LogP contribution in [0.2, 0.25) is 0 Å². The molecule has 35 heavy (non-hydrogen) atoms. The third kappa shape index (κ3) is 5.12. The van der Waals surface area contributed by atoms with E-state index in [1.54, 1.807) is 12.1 Å². The van der Waals surface area contributed by atoms with E-state index in [0.29, 0.717) is 23.6 Å². The van der Waals surface area contributed by atoms with E-state index < -0.39 is 22.7 Å². The molecule has 0 saturated carbocycles. The highest BCUT2D eigenvalue weighted by Crippen LogP contribution is 2.40. The Hall–Kier alpha value is -3.92. The first-order valence-electron chi connectivity index (χ1n) is 11.2. The van der Waals surface area contributed by atoms with Crippen LogP contribution in [0.3, 0.4) is 0 Å². The number of nitro groups is 1. The molecule has 10 nitrogen and oxygen atoms in total. The fraction of sp³-hybridized carbons (Fsp3) is 0.360. The highest BCUT2D eigenvalue weighted by molar-refractivity contribution is 6.46. The molecule has 0 radical (unpaired) electrons. The van der Waals surface area contributed by atoms with Gasteiger partial charge in [-0.1, -0.05) is 13.8 Å². The molecule has 0 spiro atoms. The van der Waals surface area contributed by atoms with Crippen LogP contribution in [0.15, 0.2) is 48.0 Å². The minimum atomic E-state index is -0.903. The zero-order valence-electron chi connectivity index (χ0n) is 20.2.